The molecule has 2 amide bonds. The normalized spacial score (nSPS) is 15.9. The highest BCUT2D eigenvalue weighted by Crippen LogP contribution is 2.16. The highest BCUT2D eigenvalue weighted by molar-refractivity contribution is 7.89. The average Bonchev–Trinajstić information content (AvgIpc) is 2.84. The second kappa shape index (κ2) is 9.20. The quantitative estimate of drug-likeness (QED) is 0.809. The molecule has 140 valence electrons. The fourth-order valence-corrected chi connectivity index (χ4v) is 3.81. The third-order valence-corrected chi connectivity index (χ3v) is 5.80. The first-order valence-corrected chi connectivity index (χ1v) is 10.5. The SMILES string of the molecule is CC(C)CCNS(=O)(=O)c1ccc(NC(=O)N2CCCCCC2)cc1. The zero-order chi connectivity index (χ0) is 18.3. The standard InChI is InChI=1S/C18H29N3O3S/c1-15(2)11-12-19-25(23,24)17-9-7-16(8-10-17)20-18(22)21-13-5-3-4-6-14-21/h7-10,15,19H,3-6,11-14H2,1-2H3,(H,20,22). The molecule has 25 heavy (non-hydrogen) atoms. The number of hydrogen-bond donors (Lipinski definition) is 2. The number of benzene rings is 1. The molecule has 0 atom stereocenters. The molecule has 6 nitrogen and oxygen atoms in total. The Labute approximate surface area is 151 Å². The number of hydrogen-bond acceptors (Lipinski definition) is 3. The van der Waals surface area contributed by atoms with Crippen molar-refractivity contribution in [2.75, 3.05) is 25.0 Å². The van der Waals surface area contributed by atoms with Crippen molar-refractivity contribution in [3.05, 3.63) is 24.3 Å². The van der Waals surface area contributed by atoms with E-state index in [2.05, 4.69) is 23.9 Å². The number of nitrogens with zero attached hydrogens (tertiary/aromatic N) is 1. The maximum Gasteiger partial charge on any atom is 0.321 e. The number of sulfonamides is 1. The van der Waals surface area contributed by atoms with Gasteiger partial charge in [-0.3, -0.25) is 0 Å². The van der Waals surface area contributed by atoms with E-state index in [1.165, 1.54) is 25.0 Å². The van der Waals surface area contributed by atoms with Crippen molar-refractivity contribution < 1.29 is 13.2 Å². The van der Waals surface area contributed by atoms with Gasteiger partial charge in [0.25, 0.3) is 0 Å². The molecular formula is C18H29N3O3S. The van der Waals surface area contributed by atoms with Crippen LogP contribution in [-0.2, 0) is 10.0 Å². The predicted octanol–water partition coefficient (Wildman–Crippen LogP) is 3.42. The zero-order valence-electron chi connectivity index (χ0n) is 15.1. The summed E-state index contributed by atoms with van der Waals surface area (Å²) in [6.07, 6.45) is 5.20. The van der Waals surface area contributed by atoms with Crippen LogP contribution in [0.1, 0.15) is 46.0 Å². The molecule has 0 aromatic heterocycles. The molecule has 1 aromatic carbocycles. The predicted molar refractivity (Wildman–Crippen MR) is 100 cm³/mol. The molecule has 0 unspecified atom stereocenters. The molecule has 2 rings (SSSR count). The van der Waals surface area contributed by atoms with Gasteiger partial charge in [-0.1, -0.05) is 26.7 Å². The average molecular weight is 368 g/mol. The Morgan fingerprint density at radius 2 is 1.68 bits per heavy atom. The Kier molecular flexibility index (Phi) is 7.25. The first kappa shape index (κ1) is 19.7. The Balaban J connectivity index is 1.93. The molecule has 7 heteroatoms. The van der Waals surface area contributed by atoms with E-state index in [0.717, 1.165) is 32.4 Å². The van der Waals surface area contributed by atoms with Gasteiger partial charge in [-0.25, -0.2) is 17.9 Å². The van der Waals surface area contributed by atoms with Gasteiger partial charge in [0.15, 0.2) is 0 Å². The summed E-state index contributed by atoms with van der Waals surface area (Å²) >= 11 is 0. The monoisotopic (exact) mass is 367 g/mol. The van der Waals surface area contributed by atoms with Gasteiger partial charge >= 0.3 is 6.03 Å². The fraction of sp³-hybridized carbons (Fsp3) is 0.611. The van der Waals surface area contributed by atoms with Crippen LogP contribution >= 0.6 is 0 Å². The van der Waals surface area contributed by atoms with Crippen LogP contribution in [0.3, 0.4) is 0 Å². The maximum atomic E-state index is 12.3. The van der Waals surface area contributed by atoms with Crippen molar-refractivity contribution in [2.24, 2.45) is 5.92 Å². The van der Waals surface area contributed by atoms with Crippen molar-refractivity contribution in [3.63, 3.8) is 0 Å². The van der Waals surface area contributed by atoms with Gasteiger partial charge < -0.3 is 10.2 Å². The van der Waals surface area contributed by atoms with Crippen molar-refractivity contribution in [2.45, 2.75) is 50.8 Å². The lowest BCUT2D eigenvalue weighted by atomic mass is 10.1. The summed E-state index contributed by atoms with van der Waals surface area (Å²) in [7, 11) is -3.50. The van der Waals surface area contributed by atoms with Gasteiger partial charge in [0.05, 0.1) is 4.90 Å². The van der Waals surface area contributed by atoms with Gasteiger partial charge in [-0.15, -0.1) is 0 Å². The molecule has 0 radical (unpaired) electrons. The molecule has 1 aromatic rings. The minimum absolute atomic E-state index is 0.118. The molecule has 1 aliphatic heterocycles. The summed E-state index contributed by atoms with van der Waals surface area (Å²) in [4.78, 5) is 14.3. The Bertz CT molecular complexity index is 649. The first-order valence-electron chi connectivity index (χ1n) is 9.04. The highest BCUT2D eigenvalue weighted by atomic mass is 32.2. The second-order valence-corrected chi connectivity index (χ2v) is 8.70. The Morgan fingerprint density at radius 3 is 2.24 bits per heavy atom. The number of nitrogens with one attached hydrogen (secondary N) is 2. The van der Waals surface area contributed by atoms with Crippen LogP contribution in [0, 0.1) is 5.92 Å². The van der Waals surface area contributed by atoms with Gasteiger partial charge in [0.2, 0.25) is 10.0 Å². The van der Waals surface area contributed by atoms with Crippen LogP contribution in [-0.4, -0.2) is 39.0 Å². The number of carbonyl (C=O) groups is 1. The lowest BCUT2D eigenvalue weighted by Gasteiger charge is -2.20. The van der Waals surface area contributed by atoms with Crippen LogP contribution in [0.25, 0.3) is 0 Å². The molecule has 0 aliphatic carbocycles. The van der Waals surface area contributed by atoms with Crippen molar-refractivity contribution in [1.29, 1.82) is 0 Å². The molecule has 0 spiro atoms. The van der Waals surface area contributed by atoms with Crippen LogP contribution < -0.4 is 10.0 Å². The largest absolute Gasteiger partial charge is 0.325 e. The first-order chi connectivity index (χ1) is 11.9. The van der Waals surface area contributed by atoms with Crippen LogP contribution in [0.5, 0.6) is 0 Å². The van der Waals surface area contributed by atoms with Gasteiger partial charge in [0, 0.05) is 25.3 Å². The summed E-state index contributed by atoms with van der Waals surface area (Å²) in [6, 6.07) is 6.19. The van der Waals surface area contributed by atoms with E-state index < -0.39 is 10.0 Å². The summed E-state index contributed by atoms with van der Waals surface area (Å²) < 4.78 is 27.1. The number of urea groups is 1. The minimum atomic E-state index is -3.50. The number of likely N-dealkylation sites (tertiary alicyclic amines) is 1. The van der Waals surface area contributed by atoms with Crippen molar-refractivity contribution in [1.82, 2.24) is 9.62 Å². The maximum absolute atomic E-state index is 12.3. The molecule has 1 fully saturated rings. The van der Waals surface area contributed by atoms with E-state index in [1.807, 2.05) is 4.90 Å². The Morgan fingerprint density at radius 1 is 1.08 bits per heavy atom. The van der Waals surface area contributed by atoms with E-state index in [1.54, 1.807) is 12.1 Å². The molecule has 1 saturated heterocycles. The van der Waals surface area contributed by atoms with Crippen LogP contribution in [0.15, 0.2) is 29.2 Å². The topological polar surface area (TPSA) is 78.5 Å². The second-order valence-electron chi connectivity index (χ2n) is 6.94. The molecule has 0 bridgehead atoms. The summed E-state index contributed by atoms with van der Waals surface area (Å²) in [5.74, 6) is 0.444. The third kappa shape index (κ3) is 6.32. The van der Waals surface area contributed by atoms with Crippen LogP contribution in [0.2, 0.25) is 0 Å². The van der Waals surface area contributed by atoms with E-state index >= 15 is 0 Å². The minimum Gasteiger partial charge on any atom is -0.325 e. The van der Waals surface area contributed by atoms with Crippen LogP contribution in [0.4, 0.5) is 10.5 Å². The summed E-state index contributed by atoms with van der Waals surface area (Å²) in [6.45, 7) is 6.08. The number of amides is 2. The number of carbonyl (C=O) groups excluding carboxylic acids is 1. The Hall–Kier alpha value is -1.60. The van der Waals surface area contributed by atoms with Crippen molar-refractivity contribution in [3.8, 4) is 0 Å². The van der Waals surface area contributed by atoms with Gasteiger partial charge in [-0.05, 0) is 49.4 Å². The highest BCUT2D eigenvalue weighted by Gasteiger charge is 2.17. The van der Waals surface area contributed by atoms with E-state index in [9.17, 15) is 13.2 Å². The molecular weight excluding hydrogens is 338 g/mol. The lowest BCUT2D eigenvalue weighted by molar-refractivity contribution is 0.214. The van der Waals surface area contributed by atoms with E-state index in [0.29, 0.717) is 18.2 Å². The van der Waals surface area contributed by atoms with E-state index in [-0.39, 0.29) is 10.9 Å². The lowest BCUT2D eigenvalue weighted by Crippen LogP contribution is -2.35. The molecule has 2 N–H and O–H groups in total. The summed E-state index contributed by atoms with van der Waals surface area (Å²) in [5.41, 5.74) is 0.607. The molecule has 1 aliphatic rings. The molecule has 1 heterocycles. The third-order valence-electron chi connectivity index (χ3n) is 4.32. The van der Waals surface area contributed by atoms with Gasteiger partial charge in [0.1, 0.15) is 0 Å². The van der Waals surface area contributed by atoms with Gasteiger partial charge in [-0.2, -0.15) is 0 Å². The van der Waals surface area contributed by atoms with E-state index in [4.69, 9.17) is 0 Å². The number of rotatable bonds is 6. The number of anilines is 1. The summed E-state index contributed by atoms with van der Waals surface area (Å²) in [5, 5.41) is 2.85. The fourth-order valence-electron chi connectivity index (χ4n) is 2.76. The molecule has 0 saturated carbocycles. The smallest absolute Gasteiger partial charge is 0.321 e. The van der Waals surface area contributed by atoms with Crippen molar-refractivity contribution >= 4 is 21.7 Å². The zero-order valence-corrected chi connectivity index (χ0v) is 15.9.